The molecule has 0 radical (unpaired) electrons. The molecule has 0 atom stereocenters. The van der Waals surface area contributed by atoms with Gasteiger partial charge in [0.25, 0.3) is 0 Å². The smallest absolute Gasteiger partial charge is 0.247 e. The second kappa shape index (κ2) is 7.59. The lowest BCUT2D eigenvalue weighted by Crippen LogP contribution is -2.26. The molecule has 2 rings (SSSR count). The second-order valence-electron chi connectivity index (χ2n) is 5.15. The van der Waals surface area contributed by atoms with Gasteiger partial charge in [0, 0.05) is 25.0 Å². The van der Waals surface area contributed by atoms with Crippen LogP contribution in [0.25, 0.3) is 6.08 Å². The zero-order valence-electron chi connectivity index (χ0n) is 11.9. The summed E-state index contributed by atoms with van der Waals surface area (Å²) in [4.78, 5) is 22.8. The molecule has 2 amide bonds. The van der Waals surface area contributed by atoms with Crippen LogP contribution in [-0.4, -0.2) is 23.6 Å². The molecule has 0 heterocycles. The van der Waals surface area contributed by atoms with Gasteiger partial charge in [-0.15, -0.1) is 0 Å². The Kier molecular flexibility index (Phi) is 5.51. The van der Waals surface area contributed by atoms with E-state index in [1.54, 1.807) is 5.48 Å². The Balaban J connectivity index is 1.64. The molecule has 112 valence electrons. The lowest BCUT2D eigenvalue weighted by atomic mass is 10.1. The first kappa shape index (κ1) is 15.3. The Morgan fingerprint density at radius 1 is 1.14 bits per heavy atom. The summed E-state index contributed by atoms with van der Waals surface area (Å²) in [7, 11) is 0. The molecule has 5 heteroatoms. The van der Waals surface area contributed by atoms with Crippen molar-refractivity contribution in [3.05, 3.63) is 41.0 Å². The van der Waals surface area contributed by atoms with Gasteiger partial charge in [0.2, 0.25) is 11.8 Å². The summed E-state index contributed by atoms with van der Waals surface area (Å²) >= 11 is 0. The lowest BCUT2D eigenvalue weighted by molar-refractivity contribution is -0.129. The number of amides is 2. The molecule has 5 nitrogen and oxygen atoms in total. The maximum Gasteiger partial charge on any atom is 0.247 e. The summed E-state index contributed by atoms with van der Waals surface area (Å²) in [5.74, 6) is -0.382. The van der Waals surface area contributed by atoms with Gasteiger partial charge in [-0.05, 0) is 30.0 Å². The molecule has 0 aromatic heterocycles. The van der Waals surface area contributed by atoms with Gasteiger partial charge in [0.15, 0.2) is 0 Å². The maximum atomic E-state index is 12.0. The molecule has 0 aliphatic heterocycles. The molecule has 1 aromatic carbocycles. The van der Waals surface area contributed by atoms with Crippen LogP contribution in [0.3, 0.4) is 0 Å². The Morgan fingerprint density at radius 2 is 1.95 bits per heavy atom. The first-order valence-corrected chi connectivity index (χ1v) is 7.20. The number of rotatable bonds is 7. The van der Waals surface area contributed by atoms with Crippen molar-refractivity contribution in [3.63, 3.8) is 0 Å². The Bertz CT molecular complexity index is 552. The van der Waals surface area contributed by atoms with Gasteiger partial charge in [-0.1, -0.05) is 30.7 Å². The lowest BCUT2D eigenvalue weighted by Gasteiger charge is -2.05. The molecule has 21 heavy (non-hydrogen) atoms. The minimum Gasteiger partial charge on any atom is -0.352 e. The number of carbonyl (C=O) groups is 2. The van der Waals surface area contributed by atoms with Gasteiger partial charge in [-0.25, -0.2) is 5.48 Å². The number of nitrogens with one attached hydrogen (secondary N) is 2. The SMILES string of the molecule is O=C(CCCCCNC(=O)C1=Cc2ccccc2C1)NO. The average Bonchev–Trinajstić information content (AvgIpc) is 2.94. The predicted octanol–water partition coefficient (Wildman–Crippen LogP) is 1.81. The zero-order valence-corrected chi connectivity index (χ0v) is 11.9. The van der Waals surface area contributed by atoms with Crippen LogP contribution >= 0.6 is 0 Å². The van der Waals surface area contributed by atoms with E-state index in [1.165, 1.54) is 5.56 Å². The highest BCUT2D eigenvalue weighted by Gasteiger charge is 2.17. The number of benzene rings is 1. The van der Waals surface area contributed by atoms with E-state index >= 15 is 0 Å². The number of unbranched alkanes of at least 4 members (excludes halogenated alkanes) is 2. The zero-order chi connectivity index (χ0) is 15.1. The van der Waals surface area contributed by atoms with E-state index in [-0.39, 0.29) is 11.8 Å². The van der Waals surface area contributed by atoms with Crippen molar-refractivity contribution in [2.24, 2.45) is 0 Å². The van der Waals surface area contributed by atoms with E-state index in [0.717, 1.165) is 24.0 Å². The van der Waals surface area contributed by atoms with Crippen molar-refractivity contribution >= 4 is 17.9 Å². The van der Waals surface area contributed by atoms with Gasteiger partial charge in [-0.3, -0.25) is 14.8 Å². The Labute approximate surface area is 124 Å². The van der Waals surface area contributed by atoms with E-state index in [4.69, 9.17) is 5.21 Å². The van der Waals surface area contributed by atoms with Crippen LogP contribution in [0.4, 0.5) is 0 Å². The van der Waals surface area contributed by atoms with E-state index in [0.29, 0.717) is 25.8 Å². The molecule has 1 aliphatic rings. The normalized spacial score (nSPS) is 12.5. The molecule has 0 fully saturated rings. The molecular formula is C16H20N2O3. The summed E-state index contributed by atoms with van der Waals surface area (Å²) in [5, 5.41) is 11.2. The number of hydrogen-bond acceptors (Lipinski definition) is 3. The number of carbonyl (C=O) groups excluding carboxylic acids is 2. The van der Waals surface area contributed by atoms with Crippen LogP contribution in [-0.2, 0) is 16.0 Å². The summed E-state index contributed by atoms with van der Waals surface area (Å²) in [6.45, 7) is 0.604. The largest absolute Gasteiger partial charge is 0.352 e. The van der Waals surface area contributed by atoms with Crippen LogP contribution in [0, 0.1) is 0 Å². The molecule has 0 bridgehead atoms. The van der Waals surface area contributed by atoms with E-state index in [2.05, 4.69) is 5.32 Å². The van der Waals surface area contributed by atoms with E-state index in [1.807, 2.05) is 30.3 Å². The molecule has 1 aliphatic carbocycles. The minimum absolute atomic E-state index is 0.0145. The molecular weight excluding hydrogens is 268 g/mol. The third-order valence-corrected chi connectivity index (χ3v) is 3.55. The quantitative estimate of drug-likeness (QED) is 0.407. The van der Waals surface area contributed by atoms with Gasteiger partial charge in [0.05, 0.1) is 0 Å². The summed E-state index contributed by atoms with van der Waals surface area (Å²) in [6.07, 6.45) is 5.31. The van der Waals surface area contributed by atoms with Crippen molar-refractivity contribution in [2.75, 3.05) is 6.54 Å². The van der Waals surface area contributed by atoms with Crippen molar-refractivity contribution in [1.82, 2.24) is 10.8 Å². The first-order chi connectivity index (χ1) is 10.2. The third-order valence-electron chi connectivity index (χ3n) is 3.55. The number of hydrogen-bond donors (Lipinski definition) is 3. The molecule has 0 saturated carbocycles. The van der Waals surface area contributed by atoms with Gasteiger partial charge >= 0.3 is 0 Å². The fraction of sp³-hybridized carbons (Fsp3) is 0.375. The molecule has 0 unspecified atom stereocenters. The minimum atomic E-state index is -0.368. The van der Waals surface area contributed by atoms with Crippen LogP contribution in [0.2, 0.25) is 0 Å². The van der Waals surface area contributed by atoms with Gasteiger partial charge in [-0.2, -0.15) is 0 Å². The summed E-state index contributed by atoms with van der Waals surface area (Å²) < 4.78 is 0. The topological polar surface area (TPSA) is 78.4 Å². The third kappa shape index (κ3) is 4.43. The molecule has 0 spiro atoms. The first-order valence-electron chi connectivity index (χ1n) is 7.20. The van der Waals surface area contributed by atoms with Crippen molar-refractivity contribution in [3.8, 4) is 0 Å². The van der Waals surface area contributed by atoms with E-state index in [9.17, 15) is 9.59 Å². The highest BCUT2D eigenvalue weighted by molar-refractivity contribution is 6.00. The highest BCUT2D eigenvalue weighted by Crippen LogP contribution is 2.24. The molecule has 0 saturated heterocycles. The number of fused-ring (bicyclic) bond motifs is 1. The molecule has 3 N–H and O–H groups in total. The maximum absolute atomic E-state index is 12.0. The van der Waals surface area contributed by atoms with Crippen LogP contribution in [0.5, 0.6) is 0 Å². The van der Waals surface area contributed by atoms with E-state index < -0.39 is 0 Å². The molecule has 1 aromatic rings. The monoisotopic (exact) mass is 288 g/mol. The standard InChI is InChI=1S/C16H20N2O3/c19-15(18-21)8-2-1-5-9-17-16(20)14-10-12-6-3-4-7-13(12)11-14/h3-4,6-7,10,21H,1-2,5,8-9,11H2,(H,17,20)(H,18,19). The van der Waals surface area contributed by atoms with Crippen LogP contribution < -0.4 is 10.8 Å². The van der Waals surface area contributed by atoms with Gasteiger partial charge < -0.3 is 5.32 Å². The van der Waals surface area contributed by atoms with Crippen molar-refractivity contribution in [2.45, 2.75) is 32.1 Å². The Morgan fingerprint density at radius 3 is 2.71 bits per heavy atom. The van der Waals surface area contributed by atoms with Crippen LogP contribution in [0.1, 0.15) is 36.8 Å². The average molecular weight is 288 g/mol. The predicted molar refractivity (Wildman–Crippen MR) is 79.5 cm³/mol. The van der Waals surface area contributed by atoms with Crippen molar-refractivity contribution in [1.29, 1.82) is 0 Å². The number of hydroxylamine groups is 1. The van der Waals surface area contributed by atoms with Crippen LogP contribution in [0.15, 0.2) is 29.8 Å². The van der Waals surface area contributed by atoms with Crippen molar-refractivity contribution < 1.29 is 14.8 Å². The fourth-order valence-electron chi connectivity index (χ4n) is 2.38. The Hall–Kier alpha value is -2.14. The fourth-order valence-corrected chi connectivity index (χ4v) is 2.38. The summed E-state index contributed by atoms with van der Waals surface area (Å²) in [6, 6.07) is 8.01. The highest BCUT2D eigenvalue weighted by atomic mass is 16.5. The summed E-state index contributed by atoms with van der Waals surface area (Å²) in [5.41, 5.74) is 4.72. The van der Waals surface area contributed by atoms with Gasteiger partial charge in [0.1, 0.15) is 0 Å². The second-order valence-corrected chi connectivity index (χ2v) is 5.15.